The van der Waals surface area contributed by atoms with Gasteiger partial charge in [-0.25, -0.2) is 4.79 Å². The van der Waals surface area contributed by atoms with Crippen LogP contribution in [0.1, 0.15) is 79.6 Å². The summed E-state index contributed by atoms with van der Waals surface area (Å²) in [5.41, 5.74) is -1.30. The van der Waals surface area contributed by atoms with Crippen LogP contribution in [-0.2, 0) is 14.3 Å². The first-order valence-electron chi connectivity index (χ1n) is 9.28. The fourth-order valence-electron chi connectivity index (χ4n) is 4.06. The number of rotatable bonds is 4. The first kappa shape index (κ1) is 19.2. The predicted molar refractivity (Wildman–Crippen MR) is 92.7 cm³/mol. The maximum atomic E-state index is 12.8. The Morgan fingerprint density at radius 3 is 2.42 bits per heavy atom. The van der Waals surface area contributed by atoms with Crippen LogP contribution < -0.4 is 0 Å². The average molecular weight is 339 g/mol. The summed E-state index contributed by atoms with van der Waals surface area (Å²) in [5, 5.41) is 0. The Bertz CT molecular complexity index is 449. The molecule has 1 amide bonds. The Balaban J connectivity index is 2.20. The van der Waals surface area contributed by atoms with Crippen LogP contribution in [0.15, 0.2) is 0 Å². The quantitative estimate of drug-likeness (QED) is 0.717. The molecule has 2 aliphatic rings. The molecule has 2 fully saturated rings. The van der Waals surface area contributed by atoms with E-state index in [-0.39, 0.29) is 18.2 Å². The lowest BCUT2D eigenvalue weighted by atomic mass is 9.83. The van der Waals surface area contributed by atoms with Gasteiger partial charge in [0.1, 0.15) is 17.6 Å². The monoisotopic (exact) mass is 339 g/mol. The fraction of sp³-hybridized carbons (Fsp3) is 0.895. The largest absolute Gasteiger partial charge is 0.444 e. The van der Waals surface area contributed by atoms with Crippen LogP contribution >= 0.6 is 0 Å². The second kappa shape index (κ2) is 7.42. The third kappa shape index (κ3) is 4.71. The first-order chi connectivity index (χ1) is 11.1. The van der Waals surface area contributed by atoms with Crippen molar-refractivity contribution in [1.82, 2.24) is 4.90 Å². The zero-order chi connectivity index (χ0) is 18.0. The van der Waals surface area contributed by atoms with Gasteiger partial charge in [0, 0.05) is 6.42 Å². The molecule has 0 aromatic rings. The summed E-state index contributed by atoms with van der Waals surface area (Å²) in [6.07, 6.45) is 7.73. The molecule has 5 nitrogen and oxygen atoms in total. The van der Waals surface area contributed by atoms with Crippen molar-refractivity contribution in [3.8, 4) is 0 Å². The molecule has 0 spiro atoms. The molecule has 1 aliphatic carbocycles. The van der Waals surface area contributed by atoms with E-state index in [1.165, 1.54) is 32.1 Å². The van der Waals surface area contributed by atoms with Gasteiger partial charge in [0.05, 0.1) is 12.1 Å². The fourth-order valence-corrected chi connectivity index (χ4v) is 4.06. The van der Waals surface area contributed by atoms with Gasteiger partial charge in [-0.15, -0.1) is 0 Å². The van der Waals surface area contributed by atoms with Gasteiger partial charge in [-0.05, 0) is 47.0 Å². The molecule has 1 aliphatic heterocycles. The molecule has 1 saturated carbocycles. The molecule has 1 heterocycles. The van der Waals surface area contributed by atoms with Gasteiger partial charge in [0.25, 0.3) is 0 Å². The maximum absolute atomic E-state index is 12.8. The third-order valence-corrected chi connectivity index (χ3v) is 5.00. The van der Waals surface area contributed by atoms with Crippen molar-refractivity contribution in [1.29, 1.82) is 0 Å². The van der Waals surface area contributed by atoms with Crippen LogP contribution in [0.4, 0.5) is 4.79 Å². The Morgan fingerprint density at radius 1 is 1.25 bits per heavy atom. The van der Waals surface area contributed by atoms with E-state index in [0.29, 0.717) is 12.3 Å². The topological polar surface area (TPSA) is 55.8 Å². The van der Waals surface area contributed by atoms with E-state index in [1.54, 1.807) is 4.90 Å². The molecule has 0 aromatic carbocycles. The van der Waals surface area contributed by atoms with E-state index in [9.17, 15) is 9.59 Å². The van der Waals surface area contributed by atoms with Crippen molar-refractivity contribution < 1.29 is 19.1 Å². The molecule has 2 atom stereocenters. The Labute approximate surface area is 146 Å². The lowest BCUT2D eigenvalue weighted by Crippen LogP contribution is -2.50. The summed E-state index contributed by atoms with van der Waals surface area (Å²) in [7, 11) is 0. The van der Waals surface area contributed by atoms with Crippen LogP contribution in [0, 0.1) is 5.92 Å². The molecule has 0 radical (unpaired) electrons. The van der Waals surface area contributed by atoms with Crippen molar-refractivity contribution >= 4 is 12.4 Å². The van der Waals surface area contributed by atoms with Crippen LogP contribution in [0.25, 0.3) is 0 Å². The second-order valence-corrected chi connectivity index (χ2v) is 8.66. The summed E-state index contributed by atoms with van der Waals surface area (Å²) in [4.78, 5) is 25.7. The van der Waals surface area contributed by atoms with Crippen molar-refractivity contribution in [2.45, 2.75) is 103 Å². The molecule has 0 bridgehead atoms. The predicted octanol–water partition coefficient (Wildman–Crippen LogP) is 4.29. The van der Waals surface area contributed by atoms with Crippen LogP contribution in [-0.4, -0.2) is 40.8 Å². The van der Waals surface area contributed by atoms with Crippen LogP contribution in [0.5, 0.6) is 0 Å². The average Bonchev–Trinajstić information content (AvgIpc) is 2.69. The Kier molecular flexibility index (Phi) is 5.95. The summed E-state index contributed by atoms with van der Waals surface area (Å²) >= 11 is 0. The highest BCUT2D eigenvalue weighted by atomic mass is 16.6. The van der Waals surface area contributed by atoms with Crippen molar-refractivity contribution in [3.63, 3.8) is 0 Å². The number of aldehydes is 1. The number of ether oxygens (including phenoxy) is 2. The molecule has 138 valence electrons. The highest BCUT2D eigenvalue weighted by Gasteiger charge is 2.51. The van der Waals surface area contributed by atoms with Crippen molar-refractivity contribution in [2.75, 3.05) is 0 Å². The molecule has 2 rings (SSSR count). The second-order valence-electron chi connectivity index (χ2n) is 8.66. The number of carbonyl (C=O) groups excluding carboxylic acids is 2. The Morgan fingerprint density at radius 2 is 1.88 bits per heavy atom. The van der Waals surface area contributed by atoms with Crippen LogP contribution in [0.3, 0.4) is 0 Å². The van der Waals surface area contributed by atoms with E-state index in [2.05, 4.69) is 0 Å². The number of hydrogen-bond donors (Lipinski definition) is 0. The lowest BCUT2D eigenvalue weighted by molar-refractivity contribution is -0.112. The molecule has 0 N–H and O–H groups in total. The minimum Gasteiger partial charge on any atom is -0.444 e. The number of nitrogens with zero attached hydrogens (tertiary/aromatic N) is 1. The van der Waals surface area contributed by atoms with E-state index < -0.39 is 11.3 Å². The minimum absolute atomic E-state index is 0.0943. The van der Waals surface area contributed by atoms with E-state index >= 15 is 0 Å². The zero-order valence-electron chi connectivity index (χ0n) is 15.8. The molecular formula is C19H33NO4. The molecule has 5 heteroatoms. The normalized spacial score (nSPS) is 28.0. The van der Waals surface area contributed by atoms with Gasteiger partial charge < -0.3 is 14.3 Å². The van der Waals surface area contributed by atoms with Gasteiger partial charge in [-0.1, -0.05) is 32.1 Å². The zero-order valence-corrected chi connectivity index (χ0v) is 15.8. The van der Waals surface area contributed by atoms with Crippen molar-refractivity contribution in [3.05, 3.63) is 0 Å². The lowest BCUT2D eigenvalue weighted by Gasteiger charge is -2.36. The third-order valence-electron chi connectivity index (χ3n) is 5.00. The summed E-state index contributed by atoms with van der Waals surface area (Å²) < 4.78 is 11.7. The maximum Gasteiger partial charge on any atom is 0.412 e. The minimum atomic E-state index is -0.755. The van der Waals surface area contributed by atoms with Gasteiger partial charge in [0.2, 0.25) is 0 Å². The first-order valence-corrected chi connectivity index (χ1v) is 9.28. The van der Waals surface area contributed by atoms with Gasteiger partial charge in [-0.2, -0.15) is 0 Å². The van der Waals surface area contributed by atoms with E-state index in [1.807, 2.05) is 34.6 Å². The van der Waals surface area contributed by atoms with Gasteiger partial charge in [-0.3, -0.25) is 4.90 Å². The van der Waals surface area contributed by atoms with Crippen molar-refractivity contribution in [2.24, 2.45) is 5.92 Å². The number of carbonyl (C=O) groups is 2. The molecule has 0 unspecified atom stereocenters. The molecule has 24 heavy (non-hydrogen) atoms. The highest BCUT2D eigenvalue weighted by molar-refractivity contribution is 5.70. The van der Waals surface area contributed by atoms with Crippen LogP contribution in [0.2, 0.25) is 0 Å². The molecular weight excluding hydrogens is 306 g/mol. The van der Waals surface area contributed by atoms with Gasteiger partial charge in [0.15, 0.2) is 0 Å². The number of amides is 1. The summed E-state index contributed by atoms with van der Waals surface area (Å²) in [5.74, 6) is 0.598. The van der Waals surface area contributed by atoms with Gasteiger partial charge >= 0.3 is 6.09 Å². The summed E-state index contributed by atoms with van der Waals surface area (Å²) in [6.45, 7) is 9.38. The summed E-state index contributed by atoms with van der Waals surface area (Å²) in [6, 6.07) is -0.0943. The molecule has 0 aromatic heterocycles. The number of hydrogen-bond acceptors (Lipinski definition) is 4. The Hall–Kier alpha value is -1.10. The smallest absolute Gasteiger partial charge is 0.412 e. The highest BCUT2D eigenvalue weighted by Crippen LogP contribution is 2.39. The molecule has 1 saturated heterocycles. The SMILES string of the molecule is CC(C)(C)OC(=O)N1[C@@H](CC2CCCCC2)[C@H](CC=O)OC1(C)C. The standard InChI is InChI=1S/C19H33NO4/c1-18(2,3)24-17(22)20-15(13-14-9-7-6-8-10-14)16(11-12-21)23-19(20,4)5/h12,14-16H,6-11,13H2,1-5H3/t15-,16-/m0/s1. The van der Waals surface area contributed by atoms with E-state index in [4.69, 9.17) is 9.47 Å². The van der Waals surface area contributed by atoms with E-state index in [0.717, 1.165) is 12.7 Å².